The van der Waals surface area contributed by atoms with E-state index in [1.807, 2.05) is 86.6 Å². The van der Waals surface area contributed by atoms with Gasteiger partial charge in [-0.3, -0.25) is 24.2 Å². The molecule has 1 atom stereocenters. The van der Waals surface area contributed by atoms with Gasteiger partial charge in [0.15, 0.2) is 0 Å². The number of rotatable bonds is 4. The number of hydrogen-bond acceptors (Lipinski definition) is 4. The molecule has 0 aromatic heterocycles. The lowest BCUT2D eigenvalue weighted by molar-refractivity contribution is -0.124. The maximum Gasteiger partial charge on any atom is 0.269 e. The molecule has 1 spiro atoms. The fraction of sp³-hybridized carbons (Fsp3) is 0.192. The molecule has 0 aliphatic carbocycles. The lowest BCUT2D eigenvalue weighted by Crippen LogP contribution is -2.50. The Hall–Kier alpha value is -3.58. The van der Waals surface area contributed by atoms with Crippen molar-refractivity contribution >= 4 is 46.5 Å². The van der Waals surface area contributed by atoms with E-state index in [4.69, 9.17) is 0 Å². The maximum absolute atomic E-state index is 13.9. The summed E-state index contributed by atoms with van der Waals surface area (Å²) >= 11 is 1.31. The van der Waals surface area contributed by atoms with Crippen molar-refractivity contribution in [3.05, 3.63) is 89.5 Å². The Labute approximate surface area is 196 Å². The molecular weight excluding hydrogens is 434 g/mol. The molecule has 0 radical (unpaired) electrons. The van der Waals surface area contributed by atoms with Crippen LogP contribution >= 0.6 is 11.8 Å². The zero-order chi connectivity index (χ0) is 23.2. The molecule has 7 heteroatoms. The molecule has 1 saturated heterocycles. The molecule has 2 aliphatic rings. The summed E-state index contributed by atoms with van der Waals surface area (Å²) in [6, 6.07) is 22.4. The SMILES string of the molecule is Cc1ccc(NC(=O)CN2C(=O)[C@@]3(SCC(=O)N3c3ccccc3)c3ccccc32)c(C)c1. The highest BCUT2D eigenvalue weighted by atomic mass is 32.2. The molecule has 3 aromatic carbocycles. The van der Waals surface area contributed by atoms with Gasteiger partial charge in [-0.2, -0.15) is 0 Å². The number of thioether (sulfide) groups is 1. The van der Waals surface area contributed by atoms with Gasteiger partial charge in [-0.15, -0.1) is 11.8 Å². The first kappa shape index (κ1) is 21.3. The Morgan fingerprint density at radius 1 is 1.00 bits per heavy atom. The van der Waals surface area contributed by atoms with E-state index in [9.17, 15) is 14.4 Å². The van der Waals surface area contributed by atoms with Crippen LogP contribution in [0.1, 0.15) is 16.7 Å². The number of carbonyl (C=O) groups is 3. The predicted octanol–water partition coefficient (Wildman–Crippen LogP) is 4.22. The number of aryl methyl sites for hydroxylation is 2. The smallest absolute Gasteiger partial charge is 0.269 e. The van der Waals surface area contributed by atoms with E-state index in [1.165, 1.54) is 16.7 Å². The normalized spacial score (nSPS) is 19.3. The second-order valence-electron chi connectivity index (χ2n) is 8.27. The maximum atomic E-state index is 13.9. The lowest BCUT2D eigenvalue weighted by Gasteiger charge is -2.33. The summed E-state index contributed by atoms with van der Waals surface area (Å²) in [6.45, 7) is 3.80. The Kier molecular flexibility index (Phi) is 5.21. The van der Waals surface area contributed by atoms with Crippen LogP contribution in [0.5, 0.6) is 0 Å². The van der Waals surface area contributed by atoms with Gasteiger partial charge in [0.25, 0.3) is 5.91 Å². The highest BCUT2D eigenvalue weighted by Crippen LogP contribution is 2.55. The largest absolute Gasteiger partial charge is 0.324 e. The van der Waals surface area contributed by atoms with Gasteiger partial charge in [-0.05, 0) is 43.7 Å². The molecule has 6 nitrogen and oxygen atoms in total. The summed E-state index contributed by atoms with van der Waals surface area (Å²) in [5, 5.41) is 2.93. The van der Waals surface area contributed by atoms with Gasteiger partial charge in [0.05, 0.1) is 11.4 Å². The van der Waals surface area contributed by atoms with Crippen LogP contribution in [-0.2, 0) is 19.3 Å². The first-order chi connectivity index (χ1) is 15.9. The fourth-order valence-electron chi connectivity index (χ4n) is 4.58. The van der Waals surface area contributed by atoms with E-state index in [-0.39, 0.29) is 30.0 Å². The first-order valence-electron chi connectivity index (χ1n) is 10.7. The van der Waals surface area contributed by atoms with Crippen LogP contribution < -0.4 is 15.1 Å². The number of para-hydroxylation sites is 2. The van der Waals surface area contributed by atoms with Gasteiger partial charge in [-0.1, -0.05) is 54.1 Å². The van der Waals surface area contributed by atoms with E-state index in [0.717, 1.165) is 22.4 Å². The zero-order valence-corrected chi connectivity index (χ0v) is 19.2. The van der Waals surface area contributed by atoms with Crippen LogP contribution in [-0.4, -0.2) is 30.0 Å². The third-order valence-electron chi connectivity index (χ3n) is 6.04. The number of fused-ring (bicyclic) bond motifs is 2. The third-order valence-corrected chi connectivity index (χ3v) is 7.42. The van der Waals surface area contributed by atoms with Crippen LogP contribution in [0, 0.1) is 13.8 Å². The van der Waals surface area contributed by atoms with Crippen LogP contribution in [0.2, 0.25) is 0 Å². The Morgan fingerprint density at radius 2 is 1.73 bits per heavy atom. The van der Waals surface area contributed by atoms with E-state index in [1.54, 1.807) is 4.90 Å². The number of hydrogen-bond donors (Lipinski definition) is 1. The number of nitrogens with one attached hydrogen (secondary N) is 1. The highest BCUT2D eigenvalue weighted by Gasteiger charge is 2.61. The van der Waals surface area contributed by atoms with Crippen molar-refractivity contribution in [1.82, 2.24) is 0 Å². The van der Waals surface area contributed by atoms with E-state index in [0.29, 0.717) is 11.4 Å². The number of nitrogens with zero attached hydrogens (tertiary/aromatic N) is 2. The zero-order valence-electron chi connectivity index (χ0n) is 18.4. The number of amides is 3. The van der Waals surface area contributed by atoms with Gasteiger partial charge in [-0.25, -0.2) is 0 Å². The van der Waals surface area contributed by atoms with Crippen molar-refractivity contribution in [1.29, 1.82) is 0 Å². The predicted molar refractivity (Wildman–Crippen MR) is 131 cm³/mol. The molecule has 2 aliphatic heterocycles. The fourth-order valence-corrected chi connectivity index (χ4v) is 5.94. The quantitative estimate of drug-likeness (QED) is 0.637. The van der Waals surface area contributed by atoms with Gasteiger partial charge in [0, 0.05) is 16.9 Å². The Morgan fingerprint density at radius 3 is 2.48 bits per heavy atom. The molecule has 3 amide bonds. The van der Waals surface area contributed by atoms with Crippen molar-refractivity contribution in [3.8, 4) is 0 Å². The third kappa shape index (κ3) is 3.40. The summed E-state index contributed by atoms with van der Waals surface area (Å²) < 4.78 is 0. The molecule has 5 rings (SSSR count). The van der Waals surface area contributed by atoms with Crippen LogP contribution in [0.15, 0.2) is 72.8 Å². The minimum atomic E-state index is -1.21. The van der Waals surface area contributed by atoms with E-state index >= 15 is 0 Å². The van der Waals surface area contributed by atoms with Gasteiger partial charge in [0.1, 0.15) is 6.54 Å². The summed E-state index contributed by atoms with van der Waals surface area (Å²) in [4.78, 5) is 41.8. The van der Waals surface area contributed by atoms with Crippen LogP contribution in [0.3, 0.4) is 0 Å². The monoisotopic (exact) mass is 457 g/mol. The molecule has 0 saturated carbocycles. The molecule has 0 unspecified atom stereocenters. The average molecular weight is 458 g/mol. The number of anilines is 3. The van der Waals surface area contributed by atoms with Crippen molar-refractivity contribution < 1.29 is 14.4 Å². The van der Waals surface area contributed by atoms with Gasteiger partial charge >= 0.3 is 0 Å². The van der Waals surface area contributed by atoms with Crippen molar-refractivity contribution in [3.63, 3.8) is 0 Å². The number of carbonyl (C=O) groups excluding carboxylic acids is 3. The summed E-state index contributed by atoms with van der Waals surface area (Å²) in [7, 11) is 0. The molecule has 166 valence electrons. The molecule has 0 bridgehead atoms. The molecule has 3 aromatic rings. The Balaban J connectivity index is 1.50. The highest BCUT2D eigenvalue weighted by molar-refractivity contribution is 8.02. The topological polar surface area (TPSA) is 69.7 Å². The van der Waals surface area contributed by atoms with Crippen molar-refractivity contribution in [2.45, 2.75) is 18.7 Å². The molecule has 1 fully saturated rings. The second kappa shape index (κ2) is 8.08. The van der Waals surface area contributed by atoms with Crippen molar-refractivity contribution in [2.75, 3.05) is 27.4 Å². The van der Waals surface area contributed by atoms with E-state index in [2.05, 4.69) is 5.32 Å². The number of benzene rings is 3. The lowest BCUT2D eigenvalue weighted by atomic mass is 10.0. The first-order valence-corrected chi connectivity index (χ1v) is 11.7. The minimum absolute atomic E-state index is 0.129. The molecule has 1 N–H and O–H groups in total. The minimum Gasteiger partial charge on any atom is -0.324 e. The molecule has 33 heavy (non-hydrogen) atoms. The molecular formula is C26H23N3O3S. The standard InChI is InChI=1S/C26H23N3O3S/c1-17-12-13-21(18(2)14-17)27-23(30)15-28-22-11-7-6-10-20(22)26(25(28)32)29(24(31)16-33-26)19-8-4-3-5-9-19/h3-14H,15-16H2,1-2H3,(H,27,30)/t26-/m0/s1. The van der Waals surface area contributed by atoms with Crippen LogP contribution in [0.25, 0.3) is 0 Å². The summed E-state index contributed by atoms with van der Waals surface area (Å²) in [6.07, 6.45) is 0. The summed E-state index contributed by atoms with van der Waals surface area (Å²) in [5.41, 5.74) is 4.84. The summed E-state index contributed by atoms with van der Waals surface area (Å²) in [5.74, 6) is -0.504. The average Bonchev–Trinajstić information content (AvgIpc) is 3.27. The molecule has 2 heterocycles. The van der Waals surface area contributed by atoms with Gasteiger partial charge < -0.3 is 5.32 Å². The Bertz CT molecular complexity index is 1280. The van der Waals surface area contributed by atoms with E-state index < -0.39 is 4.87 Å². The van der Waals surface area contributed by atoms with Crippen molar-refractivity contribution in [2.24, 2.45) is 0 Å². The van der Waals surface area contributed by atoms with Crippen LogP contribution in [0.4, 0.5) is 17.1 Å². The second-order valence-corrected chi connectivity index (χ2v) is 9.44. The van der Waals surface area contributed by atoms with Gasteiger partial charge in [0.2, 0.25) is 16.7 Å².